The molecular weight excluding hydrogens is 354 g/mol. The predicted molar refractivity (Wildman–Crippen MR) is 98.7 cm³/mol. The van der Waals surface area contributed by atoms with Crippen LogP contribution in [0.1, 0.15) is 12.8 Å². The number of likely N-dealkylation sites (tertiary alicyclic amines) is 1. The Hall–Kier alpha value is -2.01. The van der Waals surface area contributed by atoms with Gasteiger partial charge in [-0.05, 0) is 53.0 Å². The summed E-state index contributed by atoms with van der Waals surface area (Å²) >= 11 is 3.57. The molecule has 4 nitrogen and oxygen atoms in total. The van der Waals surface area contributed by atoms with Gasteiger partial charge in [0.2, 0.25) is 5.96 Å². The zero-order valence-electron chi connectivity index (χ0n) is 13.1. The molecule has 1 heterocycles. The van der Waals surface area contributed by atoms with Crippen molar-refractivity contribution < 1.29 is 4.74 Å². The fourth-order valence-electron chi connectivity index (χ4n) is 2.63. The van der Waals surface area contributed by atoms with Crippen LogP contribution < -0.4 is 10.1 Å². The van der Waals surface area contributed by atoms with Crippen LogP contribution in [-0.4, -0.2) is 31.1 Å². The molecule has 0 unspecified atom stereocenters. The summed E-state index contributed by atoms with van der Waals surface area (Å²) in [5, 5.41) is 3.45. The number of guanidine groups is 1. The summed E-state index contributed by atoms with van der Waals surface area (Å²) in [7, 11) is 1.68. The zero-order valence-corrected chi connectivity index (χ0v) is 14.7. The third kappa shape index (κ3) is 3.85. The SMILES string of the molecule is COc1ccccc1NC(=Nc1ccccc1Br)N1CCCC1. The summed E-state index contributed by atoms with van der Waals surface area (Å²) in [4.78, 5) is 7.12. The largest absolute Gasteiger partial charge is 0.495 e. The van der Waals surface area contributed by atoms with E-state index < -0.39 is 0 Å². The molecule has 0 atom stereocenters. The molecule has 5 heteroatoms. The van der Waals surface area contributed by atoms with Crippen LogP contribution in [0.2, 0.25) is 0 Å². The van der Waals surface area contributed by atoms with Gasteiger partial charge in [0.05, 0.1) is 18.5 Å². The van der Waals surface area contributed by atoms with Crippen LogP contribution in [0.25, 0.3) is 0 Å². The van der Waals surface area contributed by atoms with Gasteiger partial charge >= 0.3 is 0 Å². The number of ether oxygens (including phenoxy) is 1. The average molecular weight is 374 g/mol. The number of benzene rings is 2. The molecule has 1 N–H and O–H groups in total. The fourth-order valence-corrected chi connectivity index (χ4v) is 3.00. The Morgan fingerprint density at radius 2 is 1.78 bits per heavy atom. The van der Waals surface area contributed by atoms with E-state index in [0.29, 0.717) is 0 Å². The van der Waals surface area contributed by atoms with Gasteiger partial charge in [-0.3, -0.25) is 0 Å². The Kier molecular flexibility index (Phi) is 5.18. The van der Waals surface area contributed by atoms with E-state index in [1.807, 2.05) is 48.5 Å². The van der Waals surface area contributed by atoms with Crippen molar-refractivity contribution in [1.82, 2.24) is 4.90 Å². The number of nitrogens with zero attached hydrogens (tertiary/aromatic N) is 2. The highest BCUT2D eigenvalue weighted by Gasteiger charge is 2.18. The lowest BCUT2D eigenvalue weighted by atomic mass is 10.3. The number of methoxy groups -OCH3 is 1. The minimum Gasteiger partial charge on any atom is -0.495 e. The van der Waals surface area contributed by atoms with Crippen LogP contribution in [0.5, 0.6) is 5.75 Å². The molecule has 0 radical (unpaired) electrons. The summed E-state index contributed by atoms with van der Waals surface area (Å²) in [6.07, 6.45) is 2.39. The van der Waals surface area contributed by atoms with Crippen molar-refractivity contribution in [2.24, 2.45) is 4.99 Å². The van der Waals surface area contributed by atoms with E-state index in [1.54, 1.807) is 7.11 Å². The van der Waals surface area contributed by atoms with Gasteiger partial charge in [0.25, 0.3) is 0 Å². The maximum absolute atomic E-state index is 5.44. The van der Waals surface area contributed by atoms with E-state index in [2.05, 4.69) is 26.1 Å². The Morgan fingerprint density at radius 1 is 1.09 bits per heavy atom. The second kappa shape index (κ2) is 7.51. The number of nitrogens with one attached hydrogen (secondary N) is 1. The lowest BCUT2D eigenvalue weighted by molar-refractivity contribution is 0.416. The number of halogens is 1. The molecule has 2 aromatic rings. The second-order valence-electron chi connectivity index (χ2n) is 5.41. The molecule has 23 heavy (non-hydrogen) atoms. The molecule has 1 aliphatic rings. The average Bonchev–Trinajstić information content (AvgIpc) is 3.11. The van der Waals surface area contributed by atoms with Crippen molar-refractivity contribution in [2.45, 2.75) is 12.8 Å². The Balaban J connectivity index is 1.94. The molecule has 0 amide bonds. The number of anilines is 1. The highest BCUT2D eigenvalue weighted by Crippen LogP contribution is 2.28. The zero-order chi connectivity index (χ0) is 16.1. The van der Waals surface area contributed by atoms with Gasteiger partial charge in [0.1, 0.15) is 5.75 Å². The Morgan fingerprint density at radius 3 is 2.52 bits per heavy atom. The van der Waals surface area contributed by atoms with Crippen LogP contribution >= 0.6 is 15.9 Å². The molecule has 1 saturated heterocycles. The minimum absolute atomic E-state index is 0.812. The molecule has 1 fully saturated rings. The van der Waals surface area contributed by atoms with Gasteiger partial charge < -0.3 is 15.0 Å². The lowest BCUT2D eigenvalue weighted by Gasteiger charge is -2.22. The summed E-state index contributed by atoms with van der Waals surface area (Å²) in [5.41, 5.74) is 1.84. The van der Waals surface area contributed by atoms with Crippen molar-refractivity contribution in [3.05, 3.63) is 53.0 Å². The first-order chi connectivity index (χ1) is 11.3. The third-order valence-corrected chi connectivity index (χ3v) is 4.51. The van der Waals surface area contributed by atoms with E-state index in [0.717, 1.165) is 40.6 Å². The highest BCUT2D eigenvalue weighted by atomic mass is 79.9. The first kappa shape index (κ1) is 15.9. The van der Waals surface area contributed by atoms with E-state index >= 15 is 0 Å². The van der Waals surface area contributed by atoms with E-state index in [1.165, 1.54) is 12.8 Å². The lowest BCUT2D eigenvalue weighted by Crippen LogP contribution is -2.33. The standard InChI is InChI=1S/C18H20BrN3O/c1-23-17-11-5-4-10-16(17)21-18(22-12-6-7-13-22)20-15-9-3-2-8-14(15)19/h2-5,8-11H,6-7,12-13H2,1H3,(H,20,21). The van der Waals surface area contributed by atoms with Crippen LogP contribution in [-0.2, 0) is 0 Å². The van der Waals surface area contributed by atoms with Gasteiger partial charge in [0, 0.05) is 17.6 Å². The van der Waals surface area contributed by atoms with Crippen molar-refractivity contribution >= 4 is 33.3 Å². The molecular formula is C18H20BrN3O. The Bertz CT molecular complexity index is 696. The van der Waals surface area contributed by atoms with E-state index in [-0.39, 0.29) is 0 Å². The van der Waals surface area contributed by atoms with E-state index in [4.69, 9.17) is 9.73 Å². The molecule has 3 rings (SSSR count). The predicted octanol–water partition coefficient (Wildman–Crippen LogP) is 4.65. The smallest absolute Gasteiger partial charge is 0.203 e. The summed E-state index contributed by atoms with van der Waals surface area (Å²) in [5.74, 6) is 1.67. The third-order valence-electron chi connectivity index (χ3n) is 3.84. The summed E-state index contributed by atoms with van der Waals surface area (Å²) in [6.45, 7) is 2.04. The minimum atomic E-state index is 0.812. The first-order valence-corrected chi connectivity index (χ1v) is 8.55. The number of aliphatic imine (C=N–C) groups is 1. The van der Waals surface area contributed by atoms with Crippen LogP contribution in [0.4, 0.5) is 11.4 Å². The molecule has 120 valence electrons. The van der Waals surface area contributed by atoms with Crippen LogP contribution in [0.15, 0.2) is 58.0 Å². The summed E-state index contributed by atoms with van der Waals surface area (Å²) in [6, 6.07) is 15.9. The maximum atomic E-state index is 5.44. The van der Waals surface area contributed by atoms with Gasteiger partial charge in [-0.15, -0.1) is 0 Å². The number of hydrogen-bond acceptors (Lipinski definition) is 2. The molecule has 0 aliphatic carbocycles. The quantitative estimate of drug-likeness (QED) is 0.628. The maximum Gasteiger partial charge on any atom is 0.203 e. The number of para-hydroxylation sites is 3. The normalized spacial score (nSPS) is 14.9. The fraction of sp³-hybridized carbons (Fsp3) is 0.278. The van der Waals surface area contributed by atoms with Crippen LogP contribution in [0.3, 0.4) is 0 Å². The van der Waals surface area contributed by atoms with Gasteiger partial charge in [0.15, 0.2) is 0 Å². The Labute approximate surface area is 145 Å². The first-order valence-electron chi connectivity index (χ1n) is 7.76. The topological polar surface area (TPSA) is 36.9 Å². The van der Waals surface area contributed by atoms with Gasteiger partial charge in [-0.25, -0.2) is 4.99 Å². The van der Waals surface area contributed by atoms with Crippen molar-refractivity contribution in [3.63, 3.8) is 0 Å². The van der Waals surface area contributed by atoms with Crippen LogP contribution in [0, 0.1) is 0 Å². The van der Waals surface area contributed by atoms with Crippen molar-refractivity contribution in [3.8, 4) is 5.75 Å². The molecule has 2 aromatic carbocycles. The molecule has 1 aliphatic heterocycles. The second-order valence-corrected chi connectivity index (χ2v) is 6.26. The van der Waals surface area contributed by atoms with Crippen molar-refractivity contribution in [1.29, 1.82) is 0 Å². The number of rotatable bonds is 3. The molecule has 0 bridgehead atoms. The monoisotopic (exact) mass is 373 g/mol. The highest BCUT2D eigenvalue weighted by molar-refractivity contribution is 9.10. The van der Waals surface area contributed by atoms with Gasteiger partial charge in [-0.2, -0.15) is 0 Å². The summed E-state index contributed by atoms with van der Waals surface area (Å²) < 4.78 is 6.42. The molecule has 0 saturated carbocycles. The van der Waals surface area contributed by atoms with E-state index in [9.17, 15) is 0 Å². The molecule has 0 aromatic heterocycles. The molecule has 0 spiro atoms. The number of hydrogen-bond donors (Lipinski definition) is 1. The van der Waals surface area contributed by atoms with Crippen molar-refractivity contribution in [2.75, 3.05) is 25.5 Å². The van der Waals surface area contributed by atoms with Gasteiger partial charge in [-0.1, -0.05) is 24.3 Å².